The van der Waals surface area contributed by atoms with Gasteiger partial charge in [0.25, 0.3) is 0 Å². The van der Waals surface area contributed by atoms with E-state index in [1.54, 1.807) is 13.8 Å². The molecular formula is C14H25IN4O3S. The molecule has 0 spiro atoms. The van der Waals surface area contributed by atoms with Crippen LogP contribution in [-0.2, 0) is 16.4 Å². The van der Waals surface area contributed by atoms with Crippen molar-refractivity contribution >= 4 is 39.8 Å². The zero-order valence-corrected chi connectivity index (χ0v) is 17.1. The standard InChI is InChI=1S/C14H24N4O3S.HI/c1-5-15-13(16-9-12-8-11(2)17-21-12)18-6-7-22(19,20)14(3,4)10-18;/h8H,5-7,9-10H2,1-4H3,(H,15,16);1H. The summed E-state index contributed by atoms with van der Waals surface area (Å²) in [5.41, 5.74) is 0.820. The zero-order valence-electron chi connectivity index (χ0n) is 14.0. The quantitative estimate of drug-likeness (QED) is 0.422. The summed E-state index contributed by atoms with van der Waals surface area (Å²) >= 11 is 0. The van der Waals surface area contributed by atoms with Crippen LogP contribution in [0.5, 0.6) is 0 Å². The first-order valence-electron chi connectivity index (χ1n) is 7.43. The molecule has 2 rings (SSSR count). The molecule has 0 atom stereocenters. The fraction of sp³-hybridized carbons (Fsp3) is 0.714. The van der Waals surface area contributed by atoms with E-state index in [4.69, 9.17) is 4.52 Å². The van der Waals surface area contributed by atoms with Crippen LogP contribution in [0.1, 0.15) is 32.2 Å². The molecule has 132 valence electrons. The summed E-state index contributed by atoms with van der Waals surface area (Å²) in [6, 6.07) is 1.84. The molecule has 1 saturated heterocycles. The van der Waals surface area contributed by atoms with Crippen LogP contribution >= 0.6 is 24.0 Å². The molecule has 1 aliphatic heterocycles. The van der Waals surface area contributed by atoms with Crippen LogP contribution in [0.3, 0.4) is 0 Å². The van der Waals surface area contributed by atoms with Crippen LogP contribution in [0, 0.1) is 6.92 Å². The van der Waals surface area contributed by atoms with Gasteiger partial charge in [0.1, 0.15) is 6.54 Å². The summed E-state index contributed by atoms with van der Waals surface area (Å²) in [7, 11) is -3.06. The molecule has 0 bridgehead atoms. The second-order valence-corrected chi connectivity index (χ2v) is 8.85. The SMILES string of the molecule is CCNC(=NCc1cc(C)no1)N1CCS(=O)(=O)C(C)(C)C1.I. The number of guanidine groups is 1. The average molecular weight is 456 g/mol. The average Bonchev–Trinajstić information content (AvgIpc) is 2.84. The highest BCUT2D eigenvalue weighted by atomic mass is 127. The Morgan fingerprint density at radius 3 is 2.74 bits per heavy atom. The van der Waals surface area contributed by atoms with Gasteiger partial charge in [0, 0.05) is 25.7 Å². The predicted molar refractivity (Wildman–Crippen MR) is 101 cm³/mol. The van der Waals surface area contributed by atoms with Crippen LogP contribution in [0.25, 0.3) is 0 Å². The lowest BCUT2D eigenvalue weighted by Crippen LogP contribution is -2.57. The summed E-state index contributed by atoms with van der Waals surface area (Å²) in [5, 5.41) is 7.05. The molecule has 0 amide bonds. The van der Waals surface area contributed by atoms with E-state index >= 15 is 0 Å². The fourth-order valence-corrected chi connectivity index (χ4v) is 3.76. The third-order valence-electron chi connectivity index (χ3n) is 3.74. The van der Waals surface area contributed by atoms with Gasteiger partial charge < -0.3 is 14.7 Å². The molecule has 0 aromatic carbocycles. The lowest BCUT2D eigenvalue weighted by Gasteiger charge is -2.39. The fourth-order valence-electron chi connectivity index (χ4n) is 2.39. The number of aliphatic imine (C=N–C) groups is 1. The maximum atomic E-state index is 12.1. The Kier molecular flexibility index (Phi) is 6.87. The second kappa shape index (κ2) is 7.82. The van der Waals surface area contributed by atoms with Crippen molar-refractivity contribution in [2.45, 2.75) is 39.0 Å². The number of halogens is 1. The second-order valence-electron chi connectivity index (χ2n) is 6.10. The van der Waals surface area contributed by atoms with Crippen LogP contribution < -0.4 is 5.32 Å². The molecule has 0 saturated carbocycles. The Hall–Kier alpha value is -0.840. The van der Waals surface area contributed by atoms with Crippen LogP contribution in [0.2, 0.25) is 0 Å². The maximum absolute atomic E-state index is 12.1. The van der Waals surface area contributed by atoms with Gasteiger partial charge >= 0.3 is 0 Å². The Balaban J connectivity index is 0.00000264. The minimum absolute atomic E-state index is 0. The Morgan fingerprint density at radius 2 is 2.22 bits per heavy atom. The smallest absolute Gasteiger partial charge is 0.194 e. The van der Waals surface area contributed by atoms with Crippen molar-refractivity contribution in [1.82, 2.24) is 15.4 Å². The number of sulfone groups is 1. The monoisotopic (exact) mass is 456 g/mol. The van der Waals surface area contributed by atoms with Crippen molar-refractivity contribution in [3.05, 3.63) is 17.5 Å². The number of hydrogen-bond donors (Lipinski definition) is 1. The van der Waals surface area contributed by atoms with Gasteiger partial charge in [-0.1, -0.05) is 5.16 Å². The summed E-state index contributed by atoms with van der Waals surface area (Å²) in [6.07, 6.45) is 0. The molecule has 1 fully saturated rings. The first-order chi connectivity index (χ1) is 10.2. The van der Waals surface area contributed by atoms with E-state index in [0.717, 1.165) is 12.2 Å². The van der Waals surface area contributed by atoms with Crippen LogP contribution in [-0.4, -0.2) is 54.6 Å². The van der Waals surface area contributed by atoms with Gasteiger partial charge in [-0.15, -0.1) is 24.0 Å². The molecule has 9 heteroatoms. The lowest BCUT2D eigenvalue weighted by molar-refractivity contribution is 0.350. The van der Waals surface area contributed by atoms with Gasteiger partial charge in [0.05, 0.1) is 16.2 Å². The summed E-state index contributed by atoms with van der Waals surface area (Å²) < 4.78 is 28.6. The van der Waals surface area contributed by atoms with Crippen molar-refractivity contribution in [1.29, 1.82) is 0 Å². The molecule has 7 nitrogen and oxygen atoms in total. The molecule has 0 unspecified atom stereocenters. The minimum Gasteiger partial charge on any atom is -0.359 e. The molecule has 1 aromatic heterocycles. The van der Waals surface area contributed by atoms with Crippen molar-refractivity contribution in [3.8, 4) is 0 Å². The highest BCUT2D eigenvalue weighted by Crippen LogP contribution is 2.23. The zero-order chi connectivity index (χ0) is 16.4. The van der Waals surface area contributed by atoms with Crippen molar-refractivity contribution in [2.75, 3.05) is 25.4 Å². The summed E-state index contributed by atoms with van der Waals surface area (Å²) in [6.45, 7) is 9.35. The van der Waals surface area contributed by atoms with E-state index in [2.05, 4.69) is 15.5 Å². The minimum atomic E-state index is -3.06. The van der Waals surface area contributed by atoms with Gasteiger partial charge in [-0.2, -0.15) is 0 Å². The number of aryl methyl sites for hydroxylation is 1. The third-order valence-corrected chi connectivity index (χ3v) is 6.27. The molecule has 1 N–H and O–H groups in total. The van der Waals surface area contributed by atoms with Gasteiger partial charge in [-0.25, -0.2) is 13.4 Å². The Morgan fingerprint density at radius 1 is 1.52 bits per heavy atom. The van der Waals surface area contributed by atoms with Crippen LogP contribution in [0.4, 0.5) is 0 Å². The molecule has 1 aromatic rings. The first-order valence-corrected chi connectivity index (χ1v) is 9.08. The van der Waals surface area contributed by atoms with Gasteiger partial charge in [0.15, 0.2) is 21.6 Å². The molecule has 0 aliphatic carbocycles. The summed E-state index contributed by atoms with van der Waals surface area (Å²) in [5.74, 6) is 1.54. The van der Waals surface area contributed by atoms with E-state index in [1.165, 1.54) is 0 Å². The predicted octanol–water partition coefficient (Wildman–Crippen LogP) is 1.58. The van der Waals surface area contributed by atoms with Crippen molar-refractivity contribution < 1.29 is 12.9 Å². The molecule has 2 heterocycles. The van der Waals surface area contributed by atoms with Crippen molar-refractivity contribution in [2.24, 2.45) is 4.99 Å². The van der Waals surface area contributed by atoms with Crippen molar-refractivity contribution in [3.63, 3.8) is 0 Å². The largest absolute Gasteiger partial charge is 0.359 e. The maximum Gasteiger partial charge on any atom is 0.194 e. The molecular weight excluding hydrogens is 431 g/mol. The number of rotatable bonds is 3. The first kappa shape index (κ1) is 20.2. The number of nitrogens with zero attached hydrogens (tertiary/aromatic N) is 3. The van der Waals surface area contributed by atoms with E-state index in [-0.39, 0.29) is 29.7 Å². The highest BCUT2D eigenvalue weighted by molar-refractivity contribution is 14.0. The molecule has 0 radical (unpaired) electrons. The van der Waals surface area contributed by atoms with Gasteiger partial charge in [-0.05, 0) is 27.7 Å². The number of hydrogen-bond acceptors (Lipinski definition) is 5. The molecule has 1 aliphatic rings. The topological polar surface area (TPSA) is 87.8 Å². The third kappa shape index (κ3) is 4.82. The van der Waals surface area contributed by atoms with E-state index < -0.39 is 14.6 Å². The van der Waals surface area contributed by atoms with E-state index in [9.17, 15) is 8.42 Å². The Labute approximate surface area is 154 Å². The normalized spacial score (nSPS) is 20.0. The lowest BCUT2D eigenvalue weighted by atomic mass is 10.2. The Bertz CT molecular complexity index is 655. The highest BCUT2D eigenvalue weighted by Gasteiger charge is 2.40. The van der Waals surface area contributed by atoms with Gasteiger partial charge in [-0.3, -0.25) is 0 Å². The van der Waals surface area contributed by atoms with E-state index in [1.807, 2.05) is 24.8 Å². The molecule has 23 heavy (non-hydrogen) atoms. The number of aromatic nitrogens is 1. The van der Waals surface area contributed by atoms with E-state index in [0.29, 0.717) is 31.4 Å². The van der Waals surface area contributed by atoms with Gasteiger partial charge in [0.2, 0.25) is 0 Å². The van der Waals surface area contributed by atoms with Crippen LogP contribution in [0.15, 0.2) is 15.6 Å². The number of nitrogens with one attached hydrogen (secondary N) is 1. The summed E-state index contributed by atoms with van der Waals surface area (Å²) in [4.78, 5) is 6.53.